The van der Waals surface area contributed by atoms with E-state index in [0.29, 0.717) is 27.9 Å². The topological polar surface area (TPSA) is 96.0 Å². The Morgan fingerprint density at radius 2 is 1.65 bits per heavy atom. The number of carbonyl (C=O) groups excluding carboxylic acids is 2. The van der Waals surface area contributed by atoms with Crippen molar-refractivity contribution in [3.8, 4) is 5.75 Å². The number of amides is 2. The Kier molecular flexibility index (Phi) is 10.7. The fourth-order valence-corrected chi connectivity index (χ4v) is 6.04. The highest BCUT2D eigenvalue weighted by Gasteiger charge is 2.33. The highest BCUT2D eigenvalue weighted by Crippen LogP contribution is 2.32. The molecule has 0 spiro atoms. The van der Waals surface area contributed by atoms with Crippen LogP contribution in [0.1, 0.15) is 25.0 Å². The summed E-state index contributed by atoms with van der Waals surface area (Å²) in [5.74, 6) is -0.693. The van der Waals surface area contributed by atoms with Gasteiger partial charge in [0.05, 0.1) is 22.7 Å². The van der Waals surface area contributed by atoms with Gasteiger partial charge in [0, 0.05) is 23.1 Å². The van der Waals surface area contributed by atoms with Crippen molar-refractivity contribution in [1.82, 2.24) is 10.2 Å². The third kappa shape index (κ3) is 7.40. The minimum Gasteiger partial charge on any atom is -0.495 e. The van der Waals surface area contributed by atoms with Gasteiger partial charge in [-0.05, 0) is 68.8 Å². The van der Waals surface area contributed by atoms with E-state index in [-0.39, 0.29) is 22.2 Å². The van der Waals surface area contributed by atoms with Gasteiger partial charge in [0.1, 0.15) is 18.3 Å². The first-order valence-electron chi connectivity index (χ1n) is 12.3. The molecule has 40 heavy (non-hydrogen) atoms. The summed E-state index contributed by atoms with van der Waals surface area (Å²) in [7, 11) is -2.80. The molecule has 0 heterocycles. The molecule has 1 atom stereocenters. The van der Waals surface area contributed by atoms with Gasteiger partial charge in [-0.2, -0.15) is 0 Å². The standard InChI is InChI=1S/C28H30Cl3N3O5S/c1-5-32-28(36)19(3)33(16-20-8-9-21(29)14-24(20)30)27(35)17-34(22-10-13-26(39-4)25(31)15-22)40(37,38)23-11-6-18(2)7-12-23/h6-15,19H,5,16-17H2,1-4H3,(H,32,36)/t19-/m1/s1. The number of benzene rings is 3. The van der Waals surface area contributed by atoms with E-state index in [0.717, 1.165) is 9.87 Å². The summed E-state index contributed by atoms with van der Waals surface area (Å²) in [5, 5.41) is 3.59. The molecule has 0 radical (unpaired) electrons. The lowest BCUT2D eigenvalue weighted by molar-refractivity contribution is -0.139. The molecular weight excluding hydrogens is 597 g/mol. The van der Waals surface area contributed by atoms with Gasteiger partial charge < -0.3 is 15.0 Å². The number of nitrogens with zero attached hydrogens (tertiary/aromatic N) is 2. The molecule has 1 N–H and O–H groups in total. The third-order valence-corrected chi connectivity index (χ3v) is 8.86. The molecule has 3 aromatic rings. The number of hydrogen-bond acceptors (Lipinski definition) is 5. The van der Waals surface area contributed by atoms with Gasteiger partial charge in [-0.15, -0.1) is 0 Å². The lowest BCUT2D eigenvalue weighted by Crippen LogP contribution is -2.51. The molecule has 3 aromatic carbocycles. The van der Waals surface area contributed by atoms with Crippen molar-refractivity contribution >= 4 is 62.3 Å². The highest BCUT2D eigenvalue weighted by atomic mass is 35.5. The molecule has 0 aromatic heterocycles. The van der Waals surface area contributed by atoms with Crippen molar-refractivity contribution < 1.29 is 22.7 Å². The maximum atomic E-state index is 13.9. The number of methoxy groups -OCH3 is 1. The van der Waals surface area contributed by atoms with Crippen LogP contribution >= 0.6 is 34.8 Å². The van der Waals surface area contributed by atoms with Gasteiger partial charge >= 0.3 is 0 Å². The molecule has 2 amide bonds. The quantitative estimate of drug-likeness (QED) is 0.294. The molecule has 0 saturated heterocycles. The van der Waals surface area contributed by atoms with Crippen molar-refractivity contribution in [2.75, 3.05) is 24.5 Å². The average Bonchev–Trinajstić information content (AvgIpc) is 2.91. The van der Waals surface area contributed by atoms with Crippen LogP contribution in [0, 0.1) is 6.92 Å². The average molecular weight is 627 g/mol. The summed E-state index contributed by atoms with van der Waals surface area (Å²) < 4.78 is 34.0. The molecule has 0 fully saturated rings. The predicted octanol–water partition coefficient (Wildman–Crippen LogP) is 5.71. The summed E-state index contributed by atoms with van der Waals surface area (Å²) in [6, 6.07) is 14.6. The maximum Gasteiger partial charge on any atom is 0.264 e. The minimum atomic E-state index is -4.24. The molecule has 0 aliphatic carbocycles. The van der Waals surface area contributed by atoms with Crippen LogP contribution in [0.4, 0.5) is 5.69 Å². The molecule has 0 aliphatic rings. The fourth-order valence-electron chi connectivity index (χ4n) is 3.91. The first kappa shape index (κ1) is 31.5. The van der Waals surface area contributed by atoms with Crippen LogP contribution in [-0.2, 0) is 26.2 Å². The van der Waals surface area contributed by atoms with E-state index in [1.165, 1.54) is 48.4 Å². The second-order valence-corrected chi connectivity index (χ2v) is 12.1. The summed E-state index contributed by atoms with van der Waals surface area (Å²) in [5.41, 5.74) is 1.56. The van der Waals surface area contributed by atoms with Gasteiger partial charge in [0.15, 0.2) is 0 Å². The van der Waals surface area contributed by atoms with Crippen molar-refractivity contribution in [2.24, 2.45) is 0 Å². The summed E-state index contributed by atoms with van der Waals surface area (Å²) in [6.45, 7) is 4.84. The first-order chi connectivity index (χ1) is 18.9. The first-order valence-corrected chi connectivity index (χ1v) is 14.9. The van der Waals surface area contributed by atoms with Crippen LogP contribution in [0.25, 0.3) is 0 Å². The van der Waals surface area contributed by atoms with E-state index in [4.69, 9.17) is 39.5 Å². The Hall–Kier alpha value is -2.98. The minimum absolute atomic E-state index is 0.0121. The Labute approximate surface area is 249 Å². The van der Waals surface area contributed by atoms with Crippen molar-refractivity contribution in [3.63, 3.8) is 0 Å². The number of nitrogens with one attached hydrogen (secondary N) is 1. The SMILES string of the molecule is CCNC(=O)[C@@H](C)N(Cc1ccc(Cl)cc1Cl)C(=O)CN(c1ccc(OC)c(Cl)c1)S(=O)(=O)c1ccc(C)cc1. The number of rotatable bonds is 11. The number of anilines is 1. The van der Waals surface area contributed by atoms with E-state index in [9.17, 15) is 18.0 Å². The Balaban J connectivity index is 2.08. The zero-order valence-electron chi connectivity index (χ0n) is 22.4. The van der Waals surface area contributed by atoms with Crippen LogP contribution in [0.5, 0.6) is 5.75 Å². The number of sulfonamides is 1. The predicted molar refractivity (Wildman–Crippen MR) is 159 cm³/mol. The Morgan fingerprint density at radius 1 is 0.975 bits per heavy atom. The normalized spacial score (nSPS) is 12.0. The van der Waals surface area contributed by atoms with Gasteiger partial charge in [0.2, 0.25) is 11.8 Å². The van der Waals surface area contributed by atoms with E-state index in [1.807, 2.05) is 6.92 Å². The van der Waals surface area contributed by atoms with Crippen molar-refractivity contribution in [2.45, 2.75) is 38.3 Å². The molecule has 3 rings (SSSR count). The van der Waals surface area contributed by atoms with Crippen LogP contribution in [0.2, 0.25) is 15.1 Å². The molecule has 214 valence electrons. The lowest BCUT2D eigenvalue weighted by atomic mass is 10.1. The number of ether oxygens (including phenoxy) is 1. The van der Waals surface area contributed by atoms with Gasteiger partial charge in [-0.25, -0.2) is 8.42 Å². The molecule has 12 heteroatoms. The van der Waals surface area contributed by atoms with Gasteiger partial charge in [-0.3, -0.25) is 13.9 Å². The smallest absolute Gasteiger partial charge is 0.264 e. The van der Waals surface area contributed by atoms with Crippen LogP contribution in [-0.4, -0.2) is 51.4 Å². The second kappa shape index (κ2) is 13.6. The third-order valence-electron chi connectivity index (χ3n) is 6.19. The van der Waals surface area contributed by atoms with Gasteiger partial charge in [0.25, 0.3) is 10.0 Å². The molecule has 8 nitrogen and oxygen atoms in total. The number of aryl methyl sites for hydroxylation is 1. The van der Waals surface area contributed by atoms with E-state index in [2.05, 4.69) is 5.32 Å². The molecular formula is C28H30Cl3N3O5S. The van der Waals surface area contributed by atoms with Crippen LogP contribution in [0.15, 0.2) is 65.6 Å². The molecule has 0 bridgehead atoms. The zero-order chi connectivity index (χ0) is 29.6. The van der Waals surface area contributed by atoms with E-state index < -0.39 is 34.4 Å². The number of hydrogen-bond donors (Lipinski definition) is 1. The molecule has 0 unspecified atom stereocenters. The van der Waals surface area contributed by atoms with E-state index >= 15 is 0 Å². The van der Waals surface area contributed by atoms with E-state index in [1.54, 1.807) is 38.1 Å². The maximum absolute atomic E-state index is 13.9. The molecule has 0 aliphatic heterocycles. The molecule has 0 saturated carbocycles. The fraction of sp³-hybridized carbons (Fsp3) is 0.286. The number of halogens is 3. The van der Waals surface area contributed by atoms with Crippen LogP contribution in [0.3, 0.4) is 0 Å². The lowest BCUT2D eigenvalue weighted by Gasteiger charge is -2.32. The summed E-state index contributed by atoms with van der Waals surface area (Å²) in [6.07, 6.45) is 0. The summed E-state index contributed by atoms with van der Waals surface area (Å²) in [4.78, 5) is 28.0. The van der Waals surface area contributed by atoms with Crippen LogP contribution < -0.4 is 14.4 Å². The van der Waals surface area contributed by atoms with Gasteiger partial charge in [-0.1, -0.05) is 58.6 Å². The zero-order valence-corrected chi connectivity index (χ0v) is 25.5. The largest absolute Gasteiger partial charge is 0.495 e. The Morgan fingerprint density at radius 3 is 2.23 bits per heavy atom. The number of carbonyl (C=O) groups is 2. The monoisotopic (exact) mass is 625 g/mol. The summed E-state index contributed by atoms with van der Waals surface area (Å²) >= 11 is 18.8. The van der Waals surface area contributed by atoms with Crippen molar-refractivity contribution in [3.05, 3.63) is 86.9 Å². The number of likely N-dealkylation sites (N-methyl/N-ethyl adjacent to an activating group) is 1. The van der Waals surface area contributed by atoms with Crippen molar-refractivity contribution in [1.29, 1.82) is 0 Å². The Bertz CT molecular complexity index is 1480. The second-order valence-electron chi connectivity index (χ2n) is 8.97. The highest BCUT2D eigenvalue weighted by molar-refractivity contribution is 7.92.